The molecule has 1 aromatic heterocycles. The fraction of sp³-hybridized carbons (Fsp3) is 0.692. The van der Waals surface area contributed by atoms with E-state index in [2.05, 4.69) is 38.2 Å². The van der Waals surface area contributed by atoms with Crippen LogP contribution in [0.2, 0.25) is 0 Å². The number of hydrogen-bond acceptors (Lipinski definition) is 3. The van der Waals surface area contributed by atoms with Gasteiger partial charge in [-0.25, -0.2) is 0 Å². The molecule has 0 radical (unpaired) electrons. The zero-order chi connectivity index (χ0) is 12.0. The zero-order valence-electron chi connectivity index (χ0n) is 10.9. The molecule has 3 heteroatoms. The van der Waals surface area contributed by atoms with E-state index in [1.165, 1.54) is 6.42 Å². The van der Waals surface area contributed by atoms with Crippen LogP contribution in [0.1, 0.15) is 26.0 Å². The molecule has 92 valence electrons. The van der Waals surface area contributed by atoms with Gasteiger partial charge in [-0.3, -0.25) is 0 Å². The van der Waals surface area contributed by atoms with Crippen molar-refractivity contribution in [1.29, 1.82) is 0 Å². The summed E-state index contributed by atoms with van der Waals surface area (Å²) in [4.78, 5) is 2.22. The van der Waals surface area contributed by atoms with Crippen LogP contribution in [0.3, 0.4) is 0 Å². The molecule has 0 spiro atoms. The van der Waals surface area contributed by atoms with Gasteiger partial charge in [-0.2, -0.15) is 0 Å². The van der Waals surface area contributed by atoms with Crippen molar-refractivity contribution in [2.45, 2.75) is 32.9 Å². The first-order chi connectivity index (χ1) is 7.58. The lowest BCUT2D eigenvalue weighted by Gasteiger charge is -2.23. The van der Waals surface area contributed by atoms with Gasteiger partial charge in [-0.15, -0.1) is 0 Å². The number of hydrogen-bond donors (Lipinski definition) is 1. The molecule has 3 nitrogen and oxygen atoms in total. The molecule has 1 atom stereocenters. The van der Waals surface area contributed by atoms with Crippen molar-refractivity contribution in [3.63, 3.8) is 0 Å². The third kappa shape index (κ3) is 5.33. The van der Waals surface area contributed by atoms with E-state index in [1.807, 2.05) is 12.1 Å². The first-order valence-corrected chi connectivity index (χ1v) is 5.98. The molecule has 1 heterocycles. The lowest BCUT2D eigenvalue weighted by atomic mass is 10.0. The first kappa shape index (κ1) is 13.3. The van der Waals surface area contributed by atoms with Gasteiger partial charge in [0.05, 0.1) is 12.8 Å². The lowest BCUT2D eigenvalue weighted by molar-refractivity contribution is 0.298. The van der Waals surface area contributed by atoms with Crippen molar-refractivity contribution < 1.29 is 4.42 Å². The smallest absolute Gasteiger partial charge is 0.117 e. The molecular weight excluding hydrogens is 200 g/mol. The van der Waals surface area contributed by atoms with Gasteiger partial charge in [0.1, 0.15) is 5.76 Å². The summed E-state index contributed by atoms with van der Waals surface area (Å²) in [5.74, 6) is 1.72. The molecule has 0 bridgehead atoms. The summed E-state index contributed by atoms with van der Waals surface area (Å²) in [6.45, 7) is 6.41. The maximum atomic E-state index is 5.32. The molecule has 0 saturated heterocycles. The Morgan fingerprint density at radius 1 is 1.38 bits per heavy atom. The van der Waals surface area contributed by atoms with Crippen LogP contribution in [0.25, 0.3) is 0 Å². The monoisotopic (exact) mass is 224 g/mol. The van der Waals surface area contributed by atoms with Crippen LogP contribution in [0.5, 0.6) is 0 Å². The van der Waals surface area contributed by atoms with Crippen LogP contribution >= 0.6 is 0 Å². The number of furan rings is 1. The summed E-state index contributed by atoms with van der Waals surface area (Å²) in [6.07, 6.45) is 2.92. The van der Waals surface area contributed by atoms with Crippen LogP contribution in [0, 0.1) is 5.92 Å². The van der Waals surface area contributed by atoms with Crippen molar-refractivity contribution in [2.24, 2.45) is 5.92 Å². The normalized spacial score (nSPS) is 13.6. The molecule has 0 amide bonds. The van der Waals surface area contributed by atoms with Crippen molar-refractivity contribution in [2.75, 3.05) is 20.6 Å². The van der Waals surface area contributed by atoms with Gasteiger partial charge in [0, 0.05) is 12.6 Å². The Balaban J connectivity index is 2.37. The Bertz CT molecular complexity index is 257. The van der Waals surface area contributed by atoms with Gasteiger partial charge >= 0.3 is 0 Å². The average molecular weight is 224 g/mol. The second kappa shape index (κ2) is 6.71. The van der Waals surface area contributed by atoms with Gasteiger partial charge < -0.3 is 14.6 Å². The highest BCUT2D eigenvalue weighted by Crippen LogP contribution is 2.07. The summed E-state index contributed by atoms with van der Waals surface area (Å²) in [7, 11) is 4.23. The second-order valence-electron chi connectivity index (χ2n) is 5.05. The molecule has 1 N–H and O–H groups in total. The number of nitrogens with one attached hydrogen (secondary N) is 1. The first-order valence-electron chi connectivity index (χ1n) is 5.98. The molecule has 1 rings (SSSR count). The number of rotatable bonds is 7. The van der Waals surface area contributed by atoms with E-state index in [-0.39, 0.29) is 0 Å². The van der Waals surface area contributed by atoms with Crippen molar-refractivity contribution in [3.8, 4) is 0 Å². The lowest BCUT2D eigenvalue weighted by Crippen LogP contribution is -2.38. The summed E-state index contributed by atoms with van der Waals surface area (Å²) in [5, 5.41) is 3.55. The molecule has 16 heavy (non-hydrogen) atoms. The van der Waals surface area contributed by atoms with E-state index in [9.17, 15) is 0 Å². The fourth-order valence-electron chi connectivity index (χ4n) is 1.89. The molecule has 0 aliphatic carbocycles. The molecule has 0 saturated carbocycles. The molecule has 0 aliphatic rings. The van der Waals surface area contributed by atoms with Gasteiger partial charge in [0.25, 0.3) is 0 Å². The minimum atomic E-state index is 0.528. The third-order valence-electron chi connectivity index (χ3n) is 2.49. The topological polar surface area (TPSA) is 28.4 Å². The van der Waals surface area contributed by atoms with Crippen LogP contribution < -0.4 is 5.32 Å². The highest BCUT2D eigenvalue weighted by molar-refractivity contribution is 4.97. The summed E-state index contributed by atoms with van der Waals surface area (Å²) >= 11 is 0. The standard InChI is InChI=1S/C13H24N2O/c1-11(2)8-12(10-15(3)4)14-9-13-6-5-7-16-13/h5-7,11-12,14H,8-10H2,1-4H3. The predicted octanol–water partition coefficient (Wildman–Crippen LogP) is 2.35. The van der Waals surface area contributed by atoms with Gasteiger partial charge in [0.2, 0.25) is 0 Å². The Morgan fingerprint density at radius 2 is 2.12 bits per heavy atom. The SMILES string of the molecule is CC(C)CC(CN(C)C)NCc1ccco1. The Morgan fingerprint density at radius 3 is 2.62 bits per heavy atom. The van der Waals surface area contributed by atoms with Crippen molar-refractivity contribution >= 4 is 0 Å². The molecule has 0 fully saturated rings. The highest BCUT2D eigenvalue weighted by Gasteiger charge is 2.11. The number of likely N-dealkylation sites (N-methyl/N-ethyl adjacent to an activating group) is 1. The Labute approximate surface area is 98.8 Å². The third-order valence-corrected chi connectivity index (χ3v) is 2.49. The van der Waals surface area contributed by atoms with E-state index in [0.717, 1.165) is 18.8 Å². The molecule has 0 aliphatic heterocycles. The average Bonchev–Trinajstić information content (AvgIpc) is 2.64. The van der Waals surface area contributed by atoms with Crippen LogP contribution in [-0.2, 0) is 6.54 Å². The van der Waals surface area contributed by atoms with E-state index in [1.54, 1.807) is 6.26 Å². The van der Waals surface area contributed by atoms with E-state index >= 15 is 0 Å². The summed E-state index contributed by atoms with van der Waals surface area (Å²) < 4.78 is 5.32. The molecule has 1 aromatic rings. The Hall–Kier alpha value is -0.800. The van der Waals surface area contributed by atoms with E-state index in [0.29, 0.717) is 12.0 Å². The number of nitrogens with zero attached hydrogens (tertiary/aromatic N) is 1. The summed E-state index contributed by atoms with van der Waals surface area (Å²) in [5.41, 5.74) is 0. The fourth-order valence-corrected chi connectivity index (χ4v) is 1.89. The van der Waals surface area contributed by atoms with E-state index in [4.69, 9.17) is 4.42 Å². The largest absolute Gasteiger partial charge is 0.468 e. The molecular formula is C13H24N2O. The minimum absolute atomic E-state index is 0.528. The summed E-state index contributed by atoms with van der Waals surface area (Å²) in [6, 6.07) is 4.47. The maximum absolute atomic E-state index is 5.32. The highest BCUT2D eigenvalue weighted by atomic mass is 16.3. The van der Waals surface area contributed by atoms with Crippen LogP contribution in [0.4, 0.5) is 0 Å². The van der Waals surface area contributed by atoms with E-state index < -0.39 is 0 Å². The maximum Gasteiger partial charge on any atom is 0.117 e. The van der Waals surface area contributed by atoms with Gasteiger partial charge in [0.15, 0.2) is 0 Å². The van der Waals surface area contributed by atoms with Crippen LogP contribution in [-0.4, -0.2) is 31.6 Å². The van der Waals surface area contributed by atoms with Gasteiger partial charge in [-0.1, -0.05) is 13.8 Å². The van der Waals surface area contributed by atoms with Gasteiger partial charge in [-0.05, 0) is 38.6 Å². The second-order valence-corrected chi connectivity index (χ2v) is 5.05. The van der Waals surface area contributed by atoms with Crippen LogP contribution in [0.15, 0.2) is 22.8 Å². The molecule has 1 unspecified atom stereocenters. The predicted molar refractivity (Wildman–Crippen MR) is 67.3 cm³/mol. The minimum Gasteiger partial charge on any atom is -0.468 e. The Kier molecular flexibility index (Phi) is 5.56. The quantitative estimate of drug-likeness (QED) is 0.770. The molecule has 0 aromatic carbocycles. The van der Waals surface area contributed by atoms with Crippen molar-refractivity contribution in [1.82, 2.24) is 10.2 Å². The van der Waals surface area contributed by atoms with Crippen molar-refractivity contribution in [3.05, 3.63) is 24.2 Å². The zero-order valence-corrected chi connectivity index (χ0v) is 10.9.